The van der Waals surface area contributed by atoms with Crippen LogP contribution in [0.5, 0.6) is 5.88 Å². The summed E-state index contributed by atoms with van der Waals surface area (Å²) >= 11 is 0. The summed E-state index contributed by atoms with van der Waals surface area (Å²) in [7, 11) is 0. The van der Waals surface area contributed by atoms with Crippen LogP contribution in [0.25, 0.3) is 10.8 Å². The molecule has 0 amide bonds. The first kappa shape index (κ1) is 14.5. The Hall–Kier alpha value is -2.39. The van der Waals surface area contributed by atoms with Gasteiger partial charge < -0.3 is 16.2 Å². The Labute approximate surface area is 129 Å². The molecule has 22 heavy (non-hydrogen) atoms. The van der Waals surface area contributed by atoms with E-state index in [0.29, 0.717) is 22.9 Å². The van der Waals surface area contributed by atoms with E-state index in [1.54, 1.807) is 6.20 Å². The molecule has 1 aliphatic rings. The van der Waals surface area contributed by atoms with Crippen LogP contribution >= 0.6 is 0 Å². The molecule has 1 saturated carbocycles. The van der Waals surface area contributed by atoms with E-state index in [0.717, 1.165) is 23.9 Å². The van der Waals surface area contributed by atoms with Gasteiger partial charge in [-0.25, -0.2) is 0 Å². The van der Waals surface area contributed by atoms with E-state index in [9.17, 15) is 5.26 Å². The highest BCUT2D eigenvalue weighted by Gasteiger charge is 2.29. The van der Waals surface area contributed by atoms with Crippen molar-refractivity contribution in [2.45, 2.75) is 44.8 Å². The first-order valence-corrected chi connectivity index (χ1v) is 7.41. The van der Waals surface area contributed by atoms with Crippen molar-refractivity contribution in [3.05, 3.63) is 23.7 Å². The van der Waals surface area contributed by atoms with Gasteiger partial charge in [-0.1, -0.05) is 0 Å². The summed E-state index contributed by atoms with van der Waals surface area (Å²) in [4.78, 5) is 8.75. The molecular formula is C16H19N5O. The van der Waals surface area contributed by atoms with Gasteiger partial charge in [-0.05, 0) is 32.8 Å². The Morgan fingerprint density at radius 3 is 2.68 bits per heavy atom. The first-order chi connectivity index (χ1) is 10.5. The minimum Gasteiger partial charge on any atom is -0.474 e. The highest BCUT2D eigenvalue weighted by Crippen LogP contribution is 2.38. The SMILES string of the molecule is CC(C)Oc1nc(C#N)c(N)c2cnc(C3CC(N)C3)cc12. The van der Waals surface area contributed by atoms with Gasteiger partial charge in [-0.2, -0.15) is 10.2 Å². The normalized spacial score (nSPS) is 20.7. The highest BCUT2D eigenvalue weighted by molar-refractivity contribution is 5.97. The van der Waals surface area contributed by atoms with E-state index in [1.807, 2.05) is 26.0 Å². The number of anilines is 1. The lowest BCUT2D eigenvalue weighted by Gasteiger charge is -2.32. The van der Waals surface area contributed by atoms with Gasteiger partial charge in [0, 0.05) is 34.6 Å². The van der Waals surface area contributed by atoms with Crippen LogP contribution in [-0.2, 0) is 0 Å². The van der Waals surface area contributed by atoms with E-state index >= 15 is 0 Å². The van der Waals surface area contributed by atoms with Gasteiger partial charge in [0.1, 0.15) is 6.07 Å². The number of nitrogen functional groups attached to an aromatic ring is 1. The van der Waals surface area contributed by atoms with Crippen LogP contribution < -0.4 is 16.2 Å². The van der Waals surface area contributed by atoms with E-state index in [1.165, 1.54) is 0 Å². The lowest BCUT2D eigenvalue weighted by Crippen LogP contribution is -2.35. The second kappa shape index (κ2) is 5.43. The second-order valence-corrected chi connectivity index (χ2v) is 6.04. The van der Waals surface area contributed by atoms with E-state index in [4.69, 9.17) is 16.2 Å². The molecule has 0 saturated heterocycles. The van der Waals surface area contributed by atoms with Gasteiger partial charge in [-0.3, -0.25) is 4.98 Å². The molecule has 2 aromatic heterocycles. The largest absolute Gasteiger partial charge is 0.474 e. The summed E-state index contributed by atoms with van der Waals surface area (Å²) in [6.07, 6.45) is 3.55. The summed E-state index contributed by atoms with van der Waals surface area (Å²) in [5, 5.41) is 10.7. The predicted molar refractivity (Wildman–Crippen MR) is 84.4 cm³/mol. The Bertz CT molecular complexity index is 759. The lowest BCUT2D eigenvalue weighted by atomic mass is 9.78. The molecule has 6 heteroatoms. The summed E-state index contributed by atoms with van der Waals surface area (Å²) in [6, 6.07) is 4.23. The van der Waals surface area contributed by atoms with Gasteiger partial charge >= 0.3 is 0 Å². The third kappa shape index (κ3) is 2.44. The van der Waals surface area contributed by atoms with Crippen molar-refractivity contribution < 1.29 is 4.74 Å². The van der Waals surface area contributed by atoms with E-state index < -0.39 is 0 Å². The minimum atomic E-state index is -0.0420. The third-order valence-electron chi connectivity index (χ3n) is 3.96. The average molecular weight is 297 g/mol. The van der Waals surface area contributed by atoms with Gasteiger partial charge in [-0.15, -0.1) is 0 Å². The molecule has 3 rings (SSSR count). The number of rotatable bonds is 3. The minimum absolute atomic E-state index is 0.0420. The molecule has 0 aromatic carbocycles. The smallest absolute Gasteiger partial charge is 0.223 e. The fraction of sp³-hybridized carbons (Fsp3) is 0.438. The van der Waals surface area contributed by atoms with Crippen LogP contribution in [0.3, 0.4) is 0 Å². The molecule has 1 aliphatic carbocycles. The number of hydrogen-bond donors (Lipinski definition) is 2. The second-order valence-electron chi connectivity index (χ2n) is 6.04. The van der Waals surface area contributed by atoms with Gasteiger partial charge in [0.15, 0.2) is 5.69 Å². The summed E-state index contributed by atoms with van der Waals surface area (Å²) < 4.78 is 5.76. The number of fused-ring (bicyclic) bond motifs is 1. The molecule has 0 bridgehead atoms. The highest BCUT2D eigenvalue weighted by atomic mass is 16.5. The van der Waals surface area contributed by atoms with Crippen molar-refractivity contribution in [2.24, 2.45) is 5.73 Å². The molecule has 0 aliphatic heterocycles. The molecule has 1 fully saturated rings. The Morgan fingerprint density at radius 1 is 1.36 bits per heavy atom. The summed E-state index contributed by atoms with van der Waals surface area (Å²) in [6.45, 7) is 3.84. The predicted octanol–water partition coefficient (Wildman–Crippen LogP) is 2.08. The number of hydrogen-bond acceptors (Lipinski definition) is 6. The Kier molecular flexibility index (Phi) is 3.59. The van der Waals surface area contributed by atoms with E-state index in [2.05, 4.69) is 9.97 Å². The lowest BCUT2D eigenvalue weighted by molar-refractivity contribution is 0.236. The van der Waals surface area contributed by atoms with Crippen molar-refractivity contribution in [2.75, 3.05) is 5.73 Å². The van der Waals surface area contributed by atoms with Crippen LogP contribution in [0.4, 0.5) is 5.69 Å². The van der Waals surface area contributed by atoms with Crippen molar-refractivity contribution in [3.63, 3.8) is 0 Å². The molecular weight excluding hydrogens is 278 g/mol. The maximum absolute atomic E-state index is 9.17. The number of ether oxygens (including phenoxy) is 1. The zero-order chi connectivity index (χ0) is 15.9. The fourth-order valence-corrected chi connectivity index (χ4v) is 2.74. The molecule has 4 N–H and O–H groups in total. The summed E-state index contributed by atoms with van der Waals surface area (Å²) in [5.74, 6) is 0.811. The number of nitrogens with two attached hydrogens (primary N) is 2. The standard InChI is InChI=1S/C16H19N5O/c1-8(2)22-16-11-5-13(9-3-10(18)4-9)20-7-12(11)15(19)14(6-17)21-16/h5,7-10H,3-4,18-19H2,1-2H3. The maximum Gasteiger partial charge on any atom is 0.223 e. The number of nitriles is 1. The topological polar surface area (TPSA) is 111 Å². The quantitative estimate of drug-likeness (QED) is 0.897. The van der Waals surface area contributed by atoms with Gasteiger partial charge in [0.25, 0.3) is 0 Å². The molecule has 0 unspecified atom stereocenters. The summed E-state index contributed by atoms with van der Waals surface area (Å²) in [5.41, 5.74) is 13.4. The maximum atomic E-state index is 9.17. The van der Waals surface area contributed by atoms with Gasteiger partial charge in [0.2, 0.25) is 5.88 Å². The van der Waals surface area contributed by atoms with Crippen LogP contribution in [0.15, 0.2) is 12.3 Å². The zero-order valence-electron chi connectivity index (χ0n) is 12.7. The zero-order valence-corrected chi connectivity index (χ0v) is 12.7. The molecule has 0 spiro atoms. The molecule has 0 radical (unpaired) electrons. The molecule has 114 valence electrons. The fourth-order valence-electron chi connectivity index (χ4n) is 2.74. The van der Waals surface area contributed by atoms with E-state index in [-0.39, 0.29) is 17.8 Å². The molecule has 6 nitrogen and oxygen atoms in total. The van der Waals surface area contributed by atoms with Crippen molar-refractivity contribution in [1.29, 1.82) is 5.26 Å². The average Bonchev–Trinajstić information content (AvgIpc) is 2.46. The van der Waals surface area contributed by atoms with Crippen molar-refractivity contribution in [3.8, 4) is 11.9 Å². The number of pyridine rings is 2. The Balaban J connectivity index is 2.14. The molecule has 0 atom stereocenters. The number of aromatic nitrogens is 2. The van der Waals surface area contributed by atoms with Crippen molar-refractivity contribution >= 4 is 16.5 Å². The third-order valence-corrected chi connectivity index (χ3v) is 3.96. The monoisotopic (exact) mass is 297 g/mol. The first-order valence-electron chi connectivity index (χ1n) is 7.41. The van der Waals surface area contributed by atoms with Crippen LogP contribution in [0.2, 0.25) is 0 Å². The molecule has 2 heterocycles. The van der Waals surface area contributed by atoms with Crippen LogP contribution in [-0.4, -0.2) is 22.1 Å². The van der Waals surface area contributed by atoms with Crippen LogP contribution in [0, 0.1) is 11.3 Å². The van der Waals surface area contributed by atoms with Gasteiger partial charge in [0.05, 0.1) is 11.8 Å². The molecule has 2 aromatic rings. The van der Waals surface area contributed by atoms with Crippen molar-refractivity contribution in [1.82, 2.24) is 9.97 Å². The van der Waals surface area contributed by atoms with Crippen LogP contribution in [0.1, 0.15) is 44.0 Å². The number of nitrogens with zero attached hydrogens (tertiary/aromatic N) is 3. The Morgan fingerprint density at radius 2 is 2.09 bits per heavy atom.